The molecule has 4 aliphatic carbocycles. The molecule has 0 radical (unpaired) electrons. The molecule has 29 heavy (non-hydrogen) atoms. The van der Waals surface area contributed by atoms with E-state index in [9.17, 15) is 4.79 Å². The number of halogens is 1. The molecule has 0 unspecified atom stereocenters. The average molecular weight is 466 g/mol. The third-order valence-electron chi connectivity index (χ3n) is 10.7. The van der Waals surface area contributed by atoms with Crippen molar-refractivity contribution in [2.75, 3.05) is 0 Å². The zero-order valence-corrected chi connectivity index (χ0v) is 21.3. The Labute approximate surface area is 188 Å². The first-order valence-corrected chi connectivity index (χ1v) is 13.6. The van der Waals surface area contributed by atoms with Crippen LogP contribution in [0.5, 0.6) is 0 Å². The highest BCUT2D eigenvalue weighted by Gasteiger charge is 2.66. The Morgan fingerprint density at radius 2 is 1.69 bits per heavy atom. The molecule has 4 rings (SSSR count). The molecule has 4 saturated carbocycles. The predicted molar refractivity (Wildman–Crippen MR) is 126 cm³/mol. The fourth-order valence-corrected chi connectivity index (χ4v) is 9.98. The van der Waals surface area contributed by atoms with E-state index in [1.807, 2.05) is 0 Å². The van der Waals surface area contributed by atoms with E-state index in [2.05, 4.69) is 50.5 Å². The number of hydrogen-bond acceptors (Lipinski definition) is 1. The van der Waals surface area contributed by atoms with Gasteiger partial charge in [0.2, 0.25) is 0 Å². The number of ketones is 1. The molecule has 0 amide bonds. The Bertz CT molecular complexity index is 628. The van der Waals surface area contributed by atoms with Crippen molar-refractivity contribution in [3.63, 3.8) is 0 Å². The van der Waals surface area contributed by atoms with E-state index in [-0.39, 0.29) is 9.74 Å². The Kier molecular flexibility index (Phi) is 6.11. The largest absolute Gasteiger partial charge is 0.298 e. The summed E-state index contributed by atoms with van der Waals surface area (Å²) in [7, 11) is 0. The van der Waals surface area contributed by atoms with E-state index >= 15 is 0 Å². The van der Waals surface area contributed by atoms with Crippen LogP contribution in [-0.4, -0.2) is 10.1 Å². The number of fused-ring (bicyclic) bond motifs is 5. The quantitative estimate of drug-likeness (QED) is 0.374. The molecule has 8 atom stereocenters. The van der Waals surface area contributed by atoms with E-state index in [1.54, 1.807) is 0 Å². The van der Waals surface area contributed by atoms with Crippen molar-refractivity contribution in [2.24, 2.45) is 46.3 Å². The number of rotatable bonds is 5. The Morgan fingerprint density at radius 1 is 0.966 bits per heavy atom. The normalized spacial score (nSPS) is 48.2. The van der Waals surface area contributed by atoms with Crippen molar-refractivity contribution in [2.45, 2.75) is 116 Å². The minimum absolute atomic E-state index is 0.188. The Hall–Kier alpha value is 0.150. The maximum atomic E-state index is 13.5. The molecule has 0 aromatic heterocycles. The monoisotopic (exact) mass is 464 g/mol. The first-order chi connectivity index (χ1) is 13.6. The summed E-state index contributed by atoms with van der Waals surface area (Å²) >= 11 is 4.07. The van der Waals surface area contributed by atoms with Gasteiger partial charge in [0.25, 0.3) is 0 Å². The summed E-state index contributed by atoms with van der Waals surface area (Å²) in [5.74, 6) is 5.32. The highest BCUT2D eigenvalue weighted by molar-refractivity contribution is 9.10. The third kappa shape index (κ3) is 3.41. The number of carbonyl (C=O) groups excluding carboxylic acids is 1. The fourth-order valence-electron chi connectivity index (χ4n) is 9.05. The van der Waals surface area contributed by atoms with Crippen LogP contribution in [0.25, 0.3) is 0 Å². The zero-order valence-electron chi connectivity index (χ0n) is 19.7. The van der Waals surface area contributed by atoms with E-state index in [4.69, 9.17) is 0 Å². The van der Waals surface area contributed by atoms with Crippen LogP contribution in [-0.2, 0) is 4.79 Å². The molecule has 0 spiro atoms. The number of alkyl halides is 1. The van der Waals surface area contributed by atoms with Gasteiger partial charge in [-0.1, -0.05) is 82.7 Å². The van der Waals surface area contributed by atoms with E-state index in [0.717, 1.165) is 42.4 Å². The third-order valence-corrected chi connectivity index (χ3v) is 12.4. The van der Waals surface area contributed by atoms with Crippen LogP contribution < -0.4 is 0 Å². The minimum atomic E-state index is -0.213. The van der Waals surface area contributed by atoms with Crippen LogP contribution in [0, 0.1) is 46.3 Å². The van der Waals surface area contributed by atoms with Crippen LogP contribution in [0.3, 0.4) is 0 Å². The van der Waals surface area contributed by atoms with Gasteiger partial charge in [0.1, 0.15) is 5.78 Å². The van der Waals surface area contributed by atoms with Crippen molar-refractivity contribution in [3.8, 4) is 0 Å². The van der Waals surface area contributed by atoms with Gasteiger partial charge in [0.05, 0.1) is 4.32 Å². The minimum Gasteiger partial charge on any atom is -0.298 e. The van der Waals surface area contributed by atoms with Crippen molar-refractivity contribution in [3.05, 3.63) is 0 Å². The molecule has 1 nitrogen and oxygen atoms in total. The van der Waals surface area contributed by atoms with Gasteiger partial charge in [-0.25, -0.2) is 0 Å². The second-order valence-corrected chi connectivity index (χ2v) is 13.8. The summed E-state index contributed by atoms with van der Waals surface area (Å²) < 4.78 is -0.213. The first-order valence-electron chi connectivity index (χ1n) is 12.9. The van der Waals surface area contributed by atoms with Gasteiger partial charge in [-0.2, -0.15) is 0 Å². The van der Waals surface area contributed by atoms with Gasteiger partial charge in [0.15, 0.2) is 0 Å². The molecular formula is C27H45BrO. The lowest BCUT2D eigenvalue weighted by molar-refractivity contribution is -0.148. The van der Waals surface area contributed by atoms with Gasteiger partial charge >= 0.3 is 0 Å². The molecule has 0 aromatic carbocycles. The molecule has 0 aromatic rings. The van der Waals surface area contributed by atoms with Crippen molar-refractivity contribution in [1.82, 2.24) is 0 Å². The lowest BCUT2D eigenvalue weighted by atomic mass is 9.44. The van der Waals surface area contributed by atoms with Gasteiger partial charge in [-0.05, 0) is 84.9 Å². The summed E-state index contributed by atoms with van der Waals surface area (Å²) in [5, 5.41) is 0. The zero-order chi connectivity index (χ0) is 21.0. The predicted octanol–water partition coefficient (Wildman–Crippen LogP) is 8.19. The van der Waals surface area contributed by atoms with Gasteiger partial charge in [-0.3, -0.25) is 4.79 Å². The molecule has 2 heteroatoms. The summed E-state index contributed by atoms with van der Waals surface area (Å²) in [6.07, 6.45) is 15.5. The Morgan fingerprint density at radius 3 is 2.41 bits per heavy atom. The molecule has 166 valence electrons. The van der Waals surface area contributed by atoms with Crippen LogP contribution in [0.4, 0.5) is 0 Å². The number of Topliss-reactive ketones (excluding diaryl/α,β-unsaturated/α-hetero) is 1. The second-order valence-electron chi connectivity index (χ2n) is 12.5. The van der Waals surface area contributed by atoms with Crippen molar-refractivity contribution in [1.29, 1.82) is 0 Å². The molecule has 0 saturated heterocycles. The molecule has 4 aliphatic rings. The number of carbonyl (C=O) groups is 1. The standard InChI is InChI=1S/C27H45BrO/c1-18(2)9-8-10-19(3)21-11-12-22-20-17-24(29)27(28)15-7-6-14-26(27,5)23(20)13-16-25(21,22)4/h18-23H,6-17H2,1-5H3/t19-,20+,21+,22-,23-,25+,26-,27+/m1/s1. The summed E-state index contributed by atoms with van der Waals surface area (Å²) in [5.41, 5.74) is 0.670. The first kappa shape index (κ1) is 22.3. The molecule has 0 aliphatic heterocycles. The van der Waals surface area contributed by atoms with Crippen LogP contribution >= 0.6 is 15.9 Å². The van der Waals surface area contributed by atoms with Crippen molar-refractivity contribution >= 4 is 21.7 Å². The highest BCUT2D eigenvalue weighted by Crippen LogP contribution is 2.70. The molecule has 0 heterocycles. The van der Waals surface area contributed by atoms with Gasteiger partial charge < -0.3 is 0 Å². The highest BCUT2D eigenvalue weighted by atomic mass is 79.9. The van der Waals surface area contributed by atoms with E-state index in [1.165, 1.54) is 64.2 Å². The SMILES string of the molecule is CC(C)CCC[C@@H](C)[C@@H]1CC[C@@H]2[C@@H]3CC(=O)[C@@]4(Br)CCCC[C@]4(C)[C@@H]3CC[C@]21C. The smallest absolute Gasteiger partial charge is 0.150 e. The summed E-state index contributed by atoms with van der Waals surface area (Å²) in [4.78, 5) is 13.5. The van der Waals surface area contributed by atoms with Crippen LogP contribution in [0.2, 0.25) is 0 Å². The maximum Gasteiger partial charge on any atom is 0.150 e. The number of hydrogen-bond donors (Lipinski definition) is 0. The van der Waals surface area contributed by atoms with Gasteiger partial charge in [0, 0.05) is 6.42 Å². The average Bonchev–Trinajstić information content (AvgIpc) is 3.01. The molecule has 0 N–H and O–H groups in total. The summed E-state index contributed by atoms with van der Waals surface area (Å²) in [6.45, 7) is 12.4. The Balaban J connectivity index is 1.53. The van der Waals surface area contributed by atoms with Crippen LogP contribution in [0.15, 0.2) is 0 Å². The summed E-state index contributed by atoms with van der Waals surface area (Å²) in [6, 6.07) is 0. The lowest BCUT2D eigenvalue weighted by Gasteiger charge is -2.63. The molecule has 0 bridgehead atoms. The maximum absolute atomic E-state index is 13.5. The lowest BCUT2D eigenvalue weighted by Crippen LogP contribution is -2.62. The molecular weight excluding hydrogens is 420 g/mol. The van der Waals surface area contributed by atoms with E-state index in [0.29, 0.717) is 17.1 Å². The topological polar surface area (TPSA) is 17.1 Å². The van der Waals surface area contributed by atoms with Crippen molar-refractivity contribution < 1.29 is 4.79 Å². The van der Waals surface area contributed by atoms with Crippen LogP contribution in [0.1, 0.15) is 112 Å². The fraction of sp³-hybridized carbons (Fsp3) is 0.963. The van der Waals surface area contributed by atoms with E-state index < -0.39 is 0 Å². The molecule has 4 fully saturated rings. The van der Waals surface area contributed by atoms with Gasteiger partial charge in [-0.15, -0.1) is 0 Å². The second kappa shape index (κ2) is 7.93.